The summed E-state index contributed by atoms with van der Waals surface area (Å²) in [6.45, 7) is 7.46. The topological polar surface area (TPSA) is 64.3 Å². The summed E-state index contributed by atoms with van der Waals surface area (Å²) in [5.41, 5.74) is 1.29. The first kappa shape index (κ1) is 16.2. The predicted octanol–water partition coefficient (Wildman–Crippen LogP) is 2.47. The van der Waals surface area contributed by atoms with E-state index < -0.39 is 5.60 Å². The van der Waals surface area contributed by atoms with Crippen molar-refractivity contribution in [3.63, 3.8) is 0 Å². The van der Waals surface area contributed by atoms with Gasteiger partial charge in [0.25, 0.3) is 5.56 Å². The summed E-state index contributed by atoms with van der Waals surface area (Å²) in [5.74, 6) is 0.682. The molecule has 1 N–H and O–H groups in total. The van der Waals surface area contributed by atoms with Crippen molar-refractivity contribution in [2.24, 2.45) is 0 Å². The molecule has 118 valence electrons. The lowest BCUT2D eigenvalue weighted by Gasteiger charge is -2.19. The number of methoxy groups -OCH3 is 1. The van der Waals surface area contributed by atoms with E-state index in [1.807, 2.05) is 32.0 Å². The zero-order valence-electron chi connectivity index (χ0n) is 13.7. The van der Waals surface area contributed by atoms with Crippen LogP contribution < -0.4 is 10.3 Å². The number of hydrogen-bond donors (Lipinski definition) is 1. The van der Waals surface area contributed by atoms with Crippen molar-refractivity contribution in [1.29, 1.82) is 0 Å². The van der Waals surface area contributed by atoms with E-state index in [1.54, 1.807) is 27.0 Å². The Morgan fingerprint density at radius 3 is 2.55 bits per heavy atom. The molecule has 0 fully saturated rings. The normalized spacial score (nSPS) is 11.5. The Hall–Kier alpha value is -2.14. The minimum atomic E-state index is -1.23. The fourth-order valence-corrected chi connectivity index (χ4v) is 2.35. The minimum Gasteiger partial charge on any atom is -0.496 e. The van der Waals surface area contributed by atoms with Gasteiger partial charge in [0.1, 0.15) is 5.75 Å². The van der Waals surface area contributed by atoms with E-state index in [1.165, 1.54) is 4.68 Å². The molecule has 0 aliphatic rings. The summed E-state index contributed by atoms with van der Waals surface area (Å²) in [6.07, 6.45) is 0. The highest BCUT2D eigenvalue weighted by atomic mass is 16.5. The van der Waals surface area contributed by atoms with Crippen LogP contribution in [0.5, 0.6) is 5.75 Å². The van der Waals surface area contributed by atoms with E-state index in [0.29, 0.717) is 23.6 Å². The van der Waals surface area contributed by atoms with Gasteiger partial charge in [0.2, 0.25) is 0 Å². The van der Waals surface area contributed by atoms with Crippen LogP contribution in [0.2, 0.25) is 0 Å². The van der Waals surface area contributed by atoms with Gasteiger partial charge in [-0.2, -0.15) is 5.10 Å². The maximum atomic E-state index is 12.4. The van der Waals surface area contributed by atoms with Crippen LogP contribution in [-0.2, 0) is 12.1 Å². The zero-order valence-corrected chi connectivity index (χ0v) is 13.7. The molecule has 1 heterocycles. The number of ether oxygens (including phenoxy) is 1. The zero-order chi connectivity index (χ0) is 16.5. The van der Waals surface area contributed by atoms with Gasteiger partial charge in [-0.1, -0.05) is 11.6 Å². The van der Waals surface area contributed by atoms with Crippen LogP contribution in [0, 0.1) is 6.92 Å². The molecular weight excluding hydrogens is 280 g/mol. The summed E-state index contributed by atoms with van der Waals surface area (Å²) < 4.78 is 6.76. The van der Waals surface area contributed by atoms with Gasteiger partial charge in [-0.05, 0) is 45.9 Å². The Kier molecular flexibility index (Phi) is 4.37. The van der Waals surface area contributed by atoms with Crippen LogP contribution >= 0.6 is 0 Å². The van der Waals surface area contributed by atoms with Gasteiger partial charge in [-0.3, -0.25) is 4.79 Å². The molecule has 0 atom stereocenters. The molecule has 1 aromatic carbocycles. The molecular formula is C17H22N2O3. The van der Waals surface area contributed by atoms with Crippen LogP contribution in [0.15, 0.2) is 29.1 Å². The molecule has 0 saturated carbocycles. The second kappa shape index (κ2) is 5.93. The molecule has 5 nitrogen and oxygen atoms in total. The van der Waals surface area contributed by atoms with Crippen molar-refractivity contribution in [2.45, 2.75) is 39.8 Å². The number of hydrogen-bond acceptors (Lipinski definition) is 4. The Bertz CT molecular complexity index is 743. The number of aromatic nitrogens is 2. The summed E-state index contributed by atoms with van der Waals surface area (Å²) in [6, 6.07) is 7.43. The van der Waals surface area contributed by atoms with Gasteiger partial charge in [0.05, 0.1) is 24.0 Å². The van der Waals surface area contributed by atoms with Gasteiger partial charge < -0.3 is 9.84 Å². The molecule has 0 bridgehead atoms. The summed E-state index contributed by atoms with van der Waals surface area (Å²) >= 11 is 0. The van der Waals surface area contributed by atoms with Crippen LogP contribution in [0.4, 0.5) is 0 Å². The smallest absolute Gasteiger partial charge is 0.272 e. The quantitative estimate of drug-likeness (QED) is 0.942. The number of benzene rings is 1. The third kappa shape index (κ3) is 3.04. The van der Waals surface area contributed by atoms with Crippen molar-refractivity contribution in [3.05, 3.63) is 45.7 Å². The summed E-state index contributed by atoms with van der Waals surface area (Å²) in [4.78, 5) is 12.4. The fourth-order valence-electron chi connectivity index (χ4n) is 2.35. The van der Waals surface area contributed by atoms with Gasteiger partial charge in [-0.25, -0.2) is 4.68 Å². The predicted molar refractivity (Wildman–Crippen MR) is 86.1 cm³/mol. The molecule has 0 spiro atoms. The molecule has 1 aromatic heterocycles. The first-order chi connectivity index (χ1) is 10.3. The molecule has 0 unspecified atom stereocenters. The fraction of sp³-hybridized carbons (Fsp3) is 0.412. The van der Waals surface area contributed by atoms with Crippen molar-refractivity contribution in [3.8, 4) is 17.0 Å². The monoisotopic (exact) mass is 302 g/mol. The highest BCUT2D eigenvalue weighted by molar-refractivity contribution is 5.68. The van der Waals surface area contributed by atoms with Crippen molar-refractivity contribution >= 4 is 0 Å². The second-order valence-electron chi connectivity index (χ2n) is 5.83. The minimum absolute atomic E-state index is 0.273. The largest absolute Gasteiger partial charge is 0.496 e. The lowest BCUT2D eigenvalue weighted by atomic mass is 9.97. The van der Waals surface area contributed by atoms with Crippen LogP contribution in [-0.4, -0.2) is 22.0 Å². The summed E-state index contributed by atoms with van der Waals surface area (Å²) in [7, 11) is 1.60. The molecule has 22 heavy (non-hydrogen) atoms. The third-order valence-corrected chi connectivity index (χ3v) is 3.56. The molecule has 0 aliphatic heterocycles. The Morgan fingerprint density at radius 2 is 2.00 bits per heavy atom. The molecule has 5 heteroatoms. The van der Waals surface area contributed by atoms with Crippen molar-refractivity contribution < 1.29 is 9.84 Å². The van der Waals surface area contributed by atoms with Gasteiger partial charge >= 0.3 is 0 Å². The Balaban J connectivity index is 2.77. The SMILES string of the molecule is CCn1nc(-c2cc(C)ccc2OC)cc(C(C)(C)O)c1=O. The van der Waals surface area contributed by atoms with E-state index in [9.17, 15) is 9.90 Å². The molecule has 0 aliphatic carbocycles. The maximum absolute atomic E-state index is 12.4. The Labute approximate surface area is 130 Å². The first-order valence-electron chi connectivity index (χ1n) is 7.28. The summed E-state index contributed by atoms with van der Waals surface area (Å²) in [5, 5.41) is 14.7. The molecule has 0 amide bonds. The highest BCUT2D eigenvalue weighted by Crippen LogP contribution is 2.30. The van der Waals surface area contributed by atoms with Crippen molar-refractivity contribution in [2.75, 3.05) is 7.11 Å². The average molecular weight is 302 g/mol. The standard InChI is InChI=1S/C17H22N2O3/c1-6-19-16(20)13(17(3,4)21)10-14(18-19)12-9-11(2)7-8-15(12)22-5/h7-10,21H,6H2,1-5H3. The van der Waals surface area contributed by atoms with Gasteiger partial charge in [-0.15, -0.1) is 0 Å². The number of nitrogens with zero attached hydrogens (tertiary/aromatic N) is 2. The van der Waals surface area contributed by atoms with Crippen LogP contribution in [0.3, 0.4) is 0 Å². The molecule has 0 radical (unpaired) electrons. The Morgan fingerprint density at radius 1 is 1.32 bits per heavy atom. The molecule has 0 saturated heterocycles. The van der Waals surface area contributed by atoms with Crippen molar-refractivity contribution in [1.82, 2.24) is 9.78 Å². The number of rotatable bonds is 4. The van der Waals surface area contributed by atoms with Crippen LogP contribution in [0.25, 0.3) is 11.3 Å². The maximum Gasteiger partial charge on any atom is 0.272 e. The van der Waals surface area contributed by atoms with Gasteiger partial charge in [0, 0.05) is 12.1 Å². The van der Waals surface area contributed by atoms with Gasteiger partial charge in [0.15, 0.2) is 0 Å². The van der Waals surface area contributed by atoms with E-state index >= 15 is 0 Å². The number of aliphatic hydroxyl groups is 1. The molecule has 2 aromatic rings. The lowest BCUT2D eigenvalue weighted by Crippen LogP contribution is -2.33. The highest BCUT2D eigenvalue weighted by Gasteiger charge is 2.23. The second-order valence-corrected chi connectivity index (χ2v) is 5.83. The lowest BCUT2D eigenvalue weighted by molar-refractivity contribution is 0.0762. The van der Waals surface area contributed by atoms with E-state index in [4.69, 9.17) is 4.74 Å². The van der Waals surface area contributed by atoms with E-state index in [-0.39, 0.29) is 5.56 Å². The number of aryl methyl sites for hydroxylation is 2. The van der Waals surface area contributed by atoms with E-state index in [0.717, 1.165) is 11.1 Å². The van der Waals surface area contributed by atoms with Crippen LogP contribution in [0.1, 0.15) is 31.9 Å². The third-order valence-electron chi connectivity index (χ3n) is 3.56. The molecule has 2 rings (SSSR count). The van der Waals surface area contributed by atoms with E-state index in [2.05, 4.69) is 5.10 Å². The first-order valence-corrected chi connectivity index (χ1v) is 7.28. The average Bonchev–Trinajstić information content (AvgIpc) is 2.46.